The molecule has 8 heteroatoms. The summed E-state index contributed by atoms with van der Waals surface area (Å²) in [5.74, 6) is 0.846. The van der Waals surface area contributed by atoms with Gasteiger partial charge >= 0.3 is 0 Å². The van der Waals surface area contributed by atoms with Gasteiger partial charge in [0.05, 0.1) is 37.5 Å². The number of anilines is 1. The summed E-state index contributed by atoms with van der Waals surface area (Å²) in [5.41, 5.74) is 3.68. The van der Waals surface area contributed by atoms with Crippen LogP contribution >= 0.6 is 11.8 Å². The molecule has 2 heterocycles. The molecule has 0 aliphatic carbocycles. The average Bonchev–Trinajstić information content (AvgIpc) is 3.32. The van der Waals surface area contributed by atoms with Crippen LogP contribution in [0.1, 0.15) is 0 Å². The summed E-state index contributed by atoms with van der Waals surface area (Å²) in [6.45, 7) is 2.99. The van der Waals surface area contributed by atoms with Crippen LogP contribution in [0.3, 0.4) is 0 Å². The third kappa shape index (κ3) is 5.03. The molecular formula is C20H22N4O3S. The van der Waals surface area contributed by atoms with Crippen LogP contribution in [0.25, 0.3) is 22.1 Å². The number of nitrogens with one attached hydrogen (secondary N) is 2. The van der Waals surface area contributed by atoms with Gasteiger partial charge in [0.25, 0.3) is 6.01 Å². The Bertz CT molecular complexity index is 869. The third-order valence-electron chi connectivity index (χ3n) is 4.02. The highest BCUT2D eigenvalue weighted by Crippen LogP contribution is 2.19. The van der Waals surface area contributed by atoms with Gasteiger partial charge < -0.3 is 24.2 Å². The van der Waals surface area contributed by atoms with Gasteiger partial charge in [-0.25, -0.2) is 4.98 Å². The van der Waals surface area contributed by atoms with Crippen LogP contribution in [0.4, 0.5) is 6.01 Å². The van der Waals surface area contributed by atoms with E-state index in [-0.39, 0.29) is 0 Å². The van der Waals surface area contributed by atoms with E-state index in [0.29, 0.717) is 39.0 Å². The lowest BCUT2D eigenvalue weighted by Gasteiger charge is -2.05. The molecule has 0 amide bonds. The molecule has 0 radical (unpaired) electrons. The number of hydrogen-bond acceptors (Lipinski definition) is 7. The minimum Gasteiger partial charge on any atom is -0.424 e. The standard InChI is InChI=1S/C20H22N4O3S/c1-2-6-16-15(5-1)23-20(24-16)28-14-13-26-12-11-25-10-9-21-19-22-17-7-3-4-8-18(17)27-19/h1-8H,9-14H2,(H,21,22)(H,23,24). The number of nitrogens with zero attached hydrogens (tertiary/aromatic N) is 2. The van der Waals surface area contributed by atoms with E-state index >= 15 is 0 Å². The highest BCUT2D eigenvalue weighted by atomic mass is 32.2. The number of hydrogen-bond donors (Lipinski definition) is 2. The molecule has 0 saturated heterocycles. The van der Waals surface area contributed by atoms with Crippen LogP contribution in [0.15, 0.2) is 58.1 Å². The lowest BCUT2D eigenvalue weighted by molar-refractivity contribution is 0.0579. The Hall–Kier alpha value is -2.55. The first-order valence-corrected chi connectivity index (χ1v) is 10.2. The van der Waals surface area contributed by atoms with Crippen LogP contribution in [0.2, 0.25) is 0 Å². The van der Waals surface area contributed by atoms with Crippen molar-refractivity contribution in [3.05, 3.63) is 48.5 Å². The van der Waals surface area contributed by atoms with Gasteiger partial charge in [0, 0.05) is 12.3 Å². The predicted molar refractivity (Wildman–Crippen MR) is 111 cm³/mol. The maximum Gasteiger partial charge on any atom is 0.295 e. The number of oxazole rings is 1. The topological polar surface area (TPSA) is 85.2 Å². The molecular weight excluding hydrogens is 376 g/mol. The van der Waals surface area contributed by atoms with Gasteiger partial charge in [0.15, 0.2) is 10.7 Å². The number of rotatable bonds is 11. The normalized spacial score (nSPS) is 11.4. The number of fused-ring (bicyclic) bond motifs is 2. The molecule has 0 aliphatic rings. The molecule has 0 fully saturated rings. The molecule has 4 aromatic rings. The van der Waals surface area contributed by atoms with E-state index in [1.165, 1.54) is 0 Å². The monoisotopic (exact) mass is 398 g/mol. The minimum absolute atomic E-state index is 0.517. The zero-order chi connectivity index (χ0) is 19.0. The summed E-state index contributed by atoms with van der Waals surface area (Å²) >= 11 is 1.66. The van der Waals surface area contributed by atoms with E-state index in [1.54, 1.807) is 11.8 Å². The molecule has 0 saturated carbocycles. The molecule has 4 rings (SSSR count). The number of para-hydroxylation sites is 4. The largest absolute Gasteiger partial charge is 0.424 e. The molecule has 28 heavy (non-hydrogen) atoms. The second kappa shape index (κ2) is 9.59. The fourth-order valence-electron chi connectivity index (χ4n) is 2.69. The lowest BCUT2D eigenvalue weighted by Crippen LogP contribution is -2.13. The average molecular weight is 398 g/mol. The molecule has 2 aromatic heterocycles. The molecule has 146 valence electrons. The van der Waals surface area contributed by atoms with Crippen molar-refractivity contribution in [3.63, 3.8) is 0 Å². The summed E-state index contributed by atoms with van der Waals surface area (Å²) < 4.78 is 16.7. The van der Waals surface area contributed by atoms with E-state index in [2.05, 4.69) is 20.3 Å². The predicted octanol–water partition coefficient (Wildman–Crippen LogP) is 3.94. The molecule has 2 aromatic carbocycles. The van der Waals surface area contributed by atoms with Crippen molar-refractivity contribution in [2.24, 2.45) is 0 Å². The van der Waals surface area contributed by atoms with Gasteiger partial charge in [-0.3, -0.25) is 0 Å². The van der Waals surface area contributed by atoms with Crippen molar-refractivity contribution in [2.45, 2.75) is 5.16 Å². The lowest BCUT2D eigenvalue weighted by atomic mass is 10.3. The van der Waals surface area contributed by atoms with Crippen molar-refractivity contribution in [2.75, 3.05) is 44.0 Å². The summed E-state index contributed by atoms with van der Waals surface area (Å²) in [6, 6.07) is 16.2. The Balaban J connectivity index is 1.03. The van der Waals surface area contributed by atoms with Gasteiger partial charge in [-0.05, 0) is 24.3 Å². The van der Waals surface area contributed by atoms with Crippen LogP contribution < -0.4 is 5.32 Å². The van der Waals surface area contributed by atoms with Crippen LogP contribution in [-0.4, -0.2) is 53.7 Å². The molecule has 0 atom stereocenters. The smallest absolute Gasteiger partial charge is 0.295 e. The first-order valence-electron chi connectivity index (χ1n) is 9.21. The van der Waals surface area contributed by atoms with E-state index in [1.807, 2.05) is 48.5 Å². The highest BCUT2D eigenvalue weighted by molar-refractivity contribution is 7.99. The van der Waals surface area contributed by atoms with Crippen LogP contribution in [0.5, 0.6) is 0 Å². The number of H-pyrrole nitrogens is 1. The van der Waals surface area contributed by atoms with E-state index in [0.717, 1.165) is 33.0 Å². The zero-order valence-electron chi connectivity index (χ0n) is 15.4. The first-order chi connectivity index (χ1) is 13.9. The molecule has 0 aliphatic heterocycles. The summed E-state index contributed by atoms with van der Waals surface area (Å²) in [5, 5.41) is 4.04. The van der Waals surface area contributed by atoms with Gasteiger partial charge in [0.2, 0.25) is 0 Å². The van der Waals surface area contributed by atoms with Crippen molar-refractivity contribution in [3.8, 4) is 0 Å². The second-order valence-electron chi connectivity index (χ2n) is 6.05. The van der Waals surface area contributed by atoms with Crippen molar-refractivity contribution >= 4 is 39.9 Å². The van der Waals surface area contributed by atoms with Gasteiger partial charge in [0.1, 0.15) is 5.52 Å². The summed E-state index contributed by atoms with van der Waals surface area (Å²) in [7, 11) is 0. The van der Waals surface area contributed by atoms with Gasteiger partial charge in [-0.15, -0.1) is 0 Å². The van der Waals surface area contributed by atoms with Crippen molar-refractivity contribution in [1.82, 2.24) is 15.0 Å². The number of imidazole rings is 1. The van der Waals surface area contributed by atoms with Gasteiger partial charge in [-0.2, -0.15) is 4.98 Å². The summed E-state index contributed by atoms with van der Waals surface area (Å²) in [6.07, 6.45) is 0. The molecule has 0 spiro atoms. The van der Waals surface area contributed by atoms with E-state index < -0.39 is 0 Å². The molecule has 2 N–H and O–H groups in total. The second-order valence-corrected chi connectivity index (χ2v) is 7.13. The molecule has 0 unspecified atom stereocenters. The Labute approximate surface area is 166 Å². The molecule has 7 nitrogen and oxygen atoms in total. The zero-order valence-corrected chi connectivity index (χ0v) is 16.2. The maximum atomic E-state index is 5.60. The molecule has 0 bridgehead atoms. The SMILES string of the molecule is c1ccc2[nH]c(SCCOCCOCCNc3nc4ccccc4o3)nc2c1. The summed E-state index contributed by atoms with van der Waals surface area (Å²) in [4.78, 5) is 12.2. The highest BCUT2D eigenvalue weighted by Gasteiger charge is 2.04. The third-order valence-corrected chi connectivity index (χ3v) is 4.86. The number of thioether (sulfide) groups is 1. The van der Waals surface area contributed by atoms with E-state index in [9.17, 15) is 0 Å². The Kier molecular flexibility index (Phi) is 6.44. The van der Waals surface area contributed by atoms with E-state index in [4.69, 9.17) is 13.9 Å². The Morgan fingerprint density at radius 3 is 2.54 bits per heavy atom. The van der Waals surface area contributed by atoms with Gasteiger partial charge in [-0.1, -0.05) is 36.0 Å². The fraction of sp³-hybridized carbons (Fsp3) is 0.300. The van der Waals surface area contributed by atoms with Crippen molar-refractivity contribution in [1.29, 1.82) is 0 Å². The van der Waals surface area contributed by atoms with Crippen LogP contribution in [0, 0.1) is 0 Å². The number of ether oxygens (including phenoxy) is 2. The number of aromatic amines is 1. The number of benzene rings is 2. The first kappa shape index (κ1) is 18.8. The quantitative estimate of drug-likeness (QED) is 0.292. The van der Waals surface area contributed by atoms with Crippen molar-refractivity contribution < 1.29 is 13.9 Å². The van der Waals surface area contributed by atoms with Crippen LogP contribution in [-0.2, 0) is 9.47 Å². The number of aromatic nitrogens is 3. The Morgan fingerprint density at radius 2 is 1.68 bits per heavy atom. The maximum absolute atomic E-state index is 5.60. The fourth-order valence-corrected chi connectivity index (χ4v) is 3.43. The minimum atomic E-state index is 0.517. The Morgan fingerprint density at radius 1 is 0.893 bits per heavy atom.